The van der Waals surface area contributed by atoms with Crippen LogP contribution in [0.3, 0.4) is 0 Å². The Kier molecular flexibility index (Phi) is 6.64. The van der Waals surface area contributed by atoms with E-state index in [9.17, 15) is 9.59 Å². The summed E-state index contributed by atoms with van der Waals surface area (Å²) in [5, 5.41) is 5.65. The average molecular weight is 448 g/mol. The molecule has 1 aliphatic rings. The predicted octanol–water partition coefficient (Wildman–Crippen LogP) is 4.74. The summed E-state index contributed by atoms with van der Waals surface area (Å²) < 4.78 is 22.3. The molecule has 0 atom stereocenters. The predicted molar refractivity (Wildman–Crippen MR) is 124 cm³/mol. The fraction of sp³-hybridized carbons (Fsp3) is 0.200. The summed E-state index contributed by atoms with van der Waals surface area (Å²) in [5.74, 6) is 0.928. The van der Waals surface area contributed by atoms with Gasteiger partial charge in [-0.3, -0.25) is 9.59 Å². The molecule has 2 amide bonds. The second-order valence-electron chi connectivity index (χ2n) is 7.09. The Morgan fingerprint density at radius 2 is 1.58 bits per heavy atom. The fourth-order valence-electron chi connectivity index (χ4n) is 3.35. The number of hydrogen-bond acceptors (Lipinski definition) is 6. The highest BCUT2D eigenvalue weighted by atomic mass is 16.5. The van der Waals surface area contributed by atoms with Crippen molar-refractivity contribution in [1.29, 1.82) is 0 Å². The molecule has 1 aromatic heterocycles. The van der Waals surface area contributed by atoms with Gasteiger partial charge in [-0.25, -0.2) is 0 Å². The van der Waals surface area contributed by atoms with Crippen LogP contribution in [0.5, 0.6) is 17.2 Å². The van der Waals surface area contributed by atoms with Crippen LogP contribution in [0.4, 0.5) is 11.4 Å². The summed E-state index contributed by atoms with van der Waals surface area (Å²) in [6.07, 6.45) is 3.22. The number of para-hydroxylation sites is 1. The first-order valence-electron chi connectivity index (χ1n) is 10.6. The standard InChI is InChI=1S/C25H24N2O6/c1-3-30-22-14-19(27-25(29)21-10-7-11-32-21)23(31-4-2)13-18(22)26-24(28)17-12-16-8-5-6-9-20(16)33-15-17/h5-14H,3-4,15H2,1-2H3,(H,26,28)(H,27,29). The number of rotatable bonds is 8. The molecule has 4 rings (SSSR count). The van der Waals surface area contributed by atoms with Gasteiger partial charge in [0.1, 0.15) is 23.9 Å². The molecule has 3 aromatic rings. The highest BCUT2D eigenvalue weighted by Gasteiger charge is 2.21. The zero-order valence-corrected chi connectivity index (χ0v) is 18.3. The Labute approximate surface area is 191 Å². The summed E-state index contributed by atoms with van der Waals surface area (Å²) in [4.78, 5) is 25.5. The molecule has 33 heavy (non-hydrogen) atoms. The van der Waals surface area contributed by atoms with Crippen molar-refractivity contribution in [2.45, 2.75) is 13.8 Å². The van der Waals surface area contributed by atoms with E-state index in [1.165, 1.54) is 6.26 Å². The van der Waals surface area contributed by atoms with E-state index in [1.807, 2.05) is 38.1 Å². The van der Waals surface area contributed by atoms with Crippen molar-refractivity contribution in [2.24, 2.45) is 0 Å². The Bertz CT molecular complexity index is 1180. The molecular weight excluding hydrogens is 424 g/mol. The third-order valence-electron chi connectivity index (χ3n) is 4.85. The van der Waals surface area contributed by atoms with E-state index in [0.717, 1.165) is 11.3 Å². The lowest BCUT2D eigenvalue weighted by atomic mass is 10.1. The first-order valence-corrected chi connectivity index (χ1v) is 10.6. The van der Waals surface area contributed by atoms with E-state index < -0.39 is 5.91 Å². The minimum Gasteiger partial charge on any atom is -0.492 e. The van der Waals surface area contributed by atoms with Crippen molar-refractivity contribution < 1.29 is 28.2 Å². The van der Waals surface area contributed by atoms with Crippen LogP contribution < -0.4 is 24.8 Å². The van der Waals surface area contributed by atoms with Gasteiger partial charge in [-0.2, -0.15) is 0 Å². The van der Waals surface area contributed by atoms with Crippen molar-refractivity contribution in [2.75, 3.05) is 30.5 Å². The number of nitrogens with one attached hydrogen (secondary N) is 2. The molecule has 0 unspecified atom stereocenters. The molecular formula is C25H24N2O6. The van der Waals surface area contributed by atoms with E-state index in [2.05, 4.69) is 10.6 Å². The van der Waals surface area contributed by atoms with Crippen LogP contribution >= 0.6 is 0 Å². The molecule has 2 heterocycles. The van der Waals surface area contributed by atoms with Crippen molar-refractivity contribution >= 4 is 29.3 Å². The lowest BCUT2D eigenvalue weighted by Crippen LogP contribution is -2.22. The minimum absolute atomic E-state index is 0.155. The van der Waals surface area contributed by atoms with Gasteiger partial charge in [-0.05, 0) is 38.1 Å². The summed E-state index contributed by atoms with van der Waals surface area (Å²) >= 11 is 0. The van der Waals surface area contributed by atoms with Gasteiger partial charge in [0.05, 0.1) is 36.4 Å². The number of carbonyl (C=O) groups is 2. The zero-order valence-electron chi connectivity index (χ0n) is 18.3. The average Bonchev–Trinajstić information content (AvgIpc) is 3.37. The molecule has 0 saturated heterocycles. The Morgan fingerprint density at radius 1 is 0.909 bits per heavy atom. The molecule has 170 valence electrons. The van der Waals surface area contributed by atoms with Crippen LogP contribution in [0, 0.1) is 0 Å². The molecule has 0 fully saturated rings. The largest absolute Gasteiger partial charge is 0.492 e. The molecule has 0 bridgehead atoms. The number of amides is 2. The quantitative estimate of drug-likeness (QED) is 0.516. The van der Waals surface area contributed by atoms with E-state index in [1.54, 1.807) is 30.3 Å². The number of anilines is 2. The van der Waals surface area contributed by atoms with Crippen LogP contribution in [0.15, 0.2) is 64.8 Å². The number of hydrogen-bond donors (Lipinski definition) is 2. The zero-order chi connectivity index (χ0) is 23.2. The van der Waals surface area contributed by atoms with Gasteiger partial charge in [0.2, 0.25) is 0 Å². The van der Waals surface area contributed by atoms with Gasteiger partial charge < -0.3 is 29.3 Å². The van der Waals surface area contributed by atoms with Gasteiger partial charge in [-0.15, -0.1) is 0 Å². The minimum atomic E-state index is -0.427. The molecule has 8 nitrogen and oxygen atoms in total. The number of carbonyl (C=O) groups excluding carboxylic acids is 2. The number of fused-ring (bicyclic) bond motifs is 1. The SMILES string of the molecule is CCOc1cc(NC(=O)c2ccco2)c(OCC)cc1NC(=O)C1=Cc2ccccc2OC1. The van der Waals surface area contributed by atoms with Gasteiger partial charge in [0, 0.05) is 17.7 Å². The number of benzene rings is 2. The second kappa shape index (κ2) is 9.95. The lowest BCUT2D eigenvalue weighted by Gasteiger charge is -2.20. The van der Waals surface area contributed by atoms with Gasteiger partial charge in [-0.1, -0.05) is 18.2 Å². The van der Waals surface area contributed by atoms with Crippen molar-refractivity contribution in [3.05, 3.63) is 71.7 Å². The summed E-state index contributed by atoms with van der Waals surface area (Å²) in [5.41, 5.74) is 2.13. The van der Waals surface area contributed by atoms with Crippen LogP contribution in [-0.2, 0) is 4.79 Å². The maximum Gasteiger partial charge on any atom is 0.291 e. The molecule has 2 aromatic carbocycles. The third kappa shape index (κ3) is 5.01. The van der Waals surface area contributed by atoms with E-state index in [0.29, 0.717) is 41.7 Å². The van der Waals surface area contributed by atoms with Crippen LogP contribution in [0.1, 0.15) is 30.0 Å². The van der Waals surface area contributed by atoms with E-state index >= 15 is 0 Å². The van der Waals surface area contributed by atoms with Crippen LogP contribution in [-0.4, -0.2) is 31.6 Å². The summed E-state index contributed by atoms with van der Waals surface area (Å²) in [6, 6.07) is 13.9. The third-order valence-corrected chi connectivity index (χ3v) is 4.85. The molecule has 0 aliphatic carbocycles. The monoisotopic (exact) mass is 448 g/mol. The topological polar surface area (TPSA) is 99.0 Å². The van der Waals surface area contributed by atoms with Gasteiger partial charge >= 0.3 is 0 Å². The Morgan fingerprint density at radius 3 is 2.21 bits per heavy atom. The van der Waals surface area contributed by atoms with E-state index in [4.69, 9.17) is 18.6 Å². The molecule has 2 N–H and O–H groups in total. The number of ether oxygens (including phenoxy) is 3. The van der Waals surface area contributed by atoms with Crippen molar-refractivity contribution in [3.8, 4) is 17.2 Å². The molecule has 0 spiro atoms. The highest BCUT2D eigenvalue weighted by Crippen LogP contribution is 2.38. The fourth-order valence-corrected chi connectivity index (χ4v) is 3.35. The van der Waals surface area contributed by atoms with E-state index in [-0.39, 0.29) is 18.3 Å². The molecule has 8 heteroatoms. The first-order chi connectivity index (χ1) is 16.1. The first kappa shape index (κ1) is 22.0. The Balaban J connectivity index is 1.62. The van der Waals surface area contributed by atoms with Crippen LogP contribution in [0.2, 0.25) is 0 Å². The normalized spacial score (nSPS) is 12.1. The maximum absolute atomic E-state index is 13.0. The maximum atomic E-state index is 13.0. The lowest BCUT2D eigenvalue weighted by molar-refractivity contribution is -0.113. The van der Waals surface area contributed by atoms with Crippen LogP contribution in [0.25, 0.3) is 6.08 Å². The number of furan rings is 1. The second-order valence-corrected chi connectivity index (χ2v) is 7.09. The highest BCUT2D eigenvalue weighted by molar-refractivity contribution is 6.09. The van der Waals surface area contributed by atoms with Crippen molar-refractivity contribution in [3.63, 3.8) is 0 Å². The Hall–Kier alpha value is -4.20. The molecule has 1 aliphatic heterocycles. The molecule has 0 radical (unpaired) electrons. The van der Waals surface area contributed by atoms with Gasteiger partial charge in [0.25, 0.3) is 11.8 Å². The smallest absolute Gasteiger partial charge is 0.291 e. The summed E-state index contributed by atoms with van der Waals surface area (Å²) in [6.45, 7) is 4.54. The van der Waals surface area contributed by atoms with Crippen molar-refractivity contribution in [1.82, 2.24) is 0 Å². The molecule has 0 saturated carbocycles. The summed E-state index contributed by atoms with van der Waals surface area (Å²) in [7, 11) is 0. The van der Waals surface area contributed by atoms with Gasteiger partial charge in [0.15, 0.2) is 5.76 Å².